The molecule has 0 unspecified atom stereocenters. The molecule has 10 heteroatoms. The van der Waals surface area contributed by atoms with Crippen LogP contribution in [0.25, 0.3) is 0 Å². The van der Waals surface area contributed by atoms with E-state index in [0.717, 1.165) is 12.1 Å². The molecule has 0 atom stereocenters. The highest BCUT2D eigenvalue weighted by Gasteiger charge is 2.18. The minimum atomic E-state index is -3.99. The zero-order chi connectivity index (χ0) is 17.9. The van der Waals surface area contributed by atoms with E-state index in [2.05, 4.69) is 14.7 Å². The van der Waals surface area contributed by atoms with E-state index < -0.39 is 21.7 Å². The van der Waals surface area contributed by atoms with Crippen molar-refractivity contribution in [3.63, 3.8) is 0 Å². The zero-order valence-corrected chi connectivity index (χ0v) is 14.0. The van der Waals surface area contributed by atoms with Crippen molar-refractivity contribution in [1.29, 1.82) is 0 Å². The minimum absolute atomic E-state index is 0.0960. The molecule has 0 spiro atoms. The van der Waals surface area contributed by atoms with Gasteiger partial charge in [0.2, 0.25) is 16.0 Å². The number of aromatic nitrogens is 2. The van der Waals surface area contributed by atoms with Crippen LogP contribution >= 0.6 is 0 Å². The standard InChI is InChI=1S/C15H16F2N4O3S/c16-13-2-1-12(9-14(13)17)25(22,23)19-10-11-3-4-18-15(20-11)21-5-7-24-8-6-21/h1-4,9,19H,5-8,10H2. The van der Waals surface area contributed by atoms with Crippen LogP contribution in [0.1, 0.15) is 5.69 Å². The predicted octanol–water partition coefficient (Wildman–Crippen LogP) is 1.07. The molecule has 1 aliphatic rings. The Labute approximate surface area is 143 Å². The maximum Gasteiger partial charge on any atom is 0.241 e. The molecule has 1 aliphatic heterocycles. The summed E-state index contributed by atoms with van der Waals surface area (Å²) in [5, 5.41) is 0. The van der Waals surface area contributed by atoms with Gasteiger partial charge in [-0.05, 0) is 24.3 Å². The number of ether oxygens (including phenoxy) is 1. The van der Waals surface area contributed by atoms with Gasteiger partial charge in [0.05, 0.1) is 30.3 Å². The highest BCUT2D eigenvalue weighted by atomic mass is 32.2. The van der Waals surface area contributed by atoms with Gasteiger partial charge in [0, 0.05) is 19.3 Å². The zero-order valence-electron chi connectivity index (χ0n) is 13.2. The first-order valence-electron chi connectivity index (χ1n) is 7.55. The van der Waals surface area contributed by atoms with Crippen LogP contribution in [0.5, 0.6) is 0 Å². The van der Waals surface area contributed by atoms with Gasteiger partial charge in [-0.2, -0.15) is 0 Å². The van der Waals surface area contributed by atoms with Crippen LogP contribution in [0.15, 0.2) is 35.4 Å². The van der Waals surface area contributed by atoms with E-state index in [1.54, 1.807) is 12.3 Å². The molecule has 2 heterocycles. The van der Waals surface area contributed by atoms with Crippen LogP contribution in [-0.2, 0) is 21.3 Å². The van der Waals surface area contributed by atoms with Gasteiger partial charge in [0.15, 0.2) is 11.6 Å². The molecule has 134 valence electrons. The number of hydrogen-bond acceptors (Lipinski definition) is 6. The van der Waals surface area contributed by atoms with Crippen LogP contribution in [0.4, 0.5) is 14.7 Å². The third kappa shape index (κ3) is 4.27. The van der Waals surface area contributed by atoms with Gasteiger partial charge in [-0.25, -0.2) is 31.9 Å². The molecule has 2 aromatic rings. The second-order valence-electron chi connectivity index (χ2n) is 5.35. The summed E-state index contributed by atoms with van der Waals surface area (Å²) in [4.78, 5) is 10.1. The van der Waals surface area contributed by atoms with Crippen molar-refractivity contribution in [2.45, 2.75) is 11.4 Å². The third-order valence-corrected chi connectivity index (χ3v) is 5.04. The molecule has 25 heavy (non-hydrogen) atoms. The third-order valence-electron chi connectivity index (χ3n) is 3.64. The highest BCUT2D eigenvalue weighted by molar-refractivity contribution is 7.89. The predicted molar refractivity (Wildman–Crippen MR) is 85.4 cm³/mol. The Morgan fingerprint density at radius 1 is 1.16 bits per heavy atom. The van der Waals surface area contributed by atoms with Gasteiger partial charge in [-0.15, -0.1) is 0 Å². The summed E-state index contributed by atoms with van der Waals surface area (Å²) in [6.07, 6.45) is 1.54. The van der Waals surface area contributed by atoms with Gasteiger partial charge in [0.1, 0.15) is 0 Å². The average molecular weight is 370 g/mol. The molecule has 0 saturated carbocycles. The lowest BCUT2D eigenvalue weighted by Gasteiger charge is -2.26. The van der Waals surface area contributed by atoms with Gasteiger partial charge >= 0.3 is 0 Å². The largest absolute Gasteiger partial charge is 0.378 e. The Morgan fingerprint density at radius 3 is 2.64 bits per heavy atom. The first-order chi connectivity index (χ1) is 12.0. The second-order valence-corrected chi connectivity index (χ2v) is 7.11. The summed E-state index contributed by atoms with van der Waals surface area (Å²) in [7, 11) is -3.99. The Balaban J connectivity index is 1.71. The van der Waals surface area contributed by atoms with Crippen molar-refractivity contribution in [2.24, 2.45) is 0 Å². The maximum absolute atomic E-state index is 13.2. The molecule has 7 nitrogen and oxygen atoms in total. The van der Waals surface area contributed by atoms with Crippen molar-refractivity contribution in [1.82, 2.24) is 14.7 Å². The second kappa shape index (κ2) is 7.38. The molecule has 0 amide bonds. The maximum atomic E-state index is 13.2. The summed E-state index contributed by atoms with van der Waals surface area (Å²) in [5.41, 5.74) is 0.461. The van der Waals surface area contributed by atoms with E-state index in [-0.39, 0.29) is 11.4 Å². The van der Waals surface area contributed by atoms with Gasteiger partial charge in [-0.3, -0.25) is 0 Å². The van der Waals surface area contributed by atoms with Crippen molar-refractivity contribution < 1.29 is 21.9 Å². The van der Waals surface area contributed by atoms with E-state index >= 15 is 0 Å². The number of benzene rings is 1. The Morgan fingerprint density at radius 2 is 1.92 bits per heavy atom. The summed E-state index contributed by atoms with van der Waals surface area (Å²) in [5.74, 6) is -1.84. The molecular weight excluding hydrogens is 354 g/mol. The molecule has 0 aliphatic carbocycles. The average Bonchev–Trinajstić information content (AvgIpc) is 2.63. The Hall–Kier alpha value is -2.17. The number of hydrogen-bond donors (Lipinski definition) is 1. The van der Waals surface area contributed by atoms with Crippen molar-refractivity contribution >= 4 is 16.0 Å². The van der Waals surface area contributed by atoms with Gasteiger partial charge < -0.3 is 9.64 Å². The lowest BCUT2D eigenvalue weighted by Crippen LogP contribution is -2.37. The van der Waals surface area contributed by atoms with E-state index in [9.17, 15) is 17.2 Å². The lowest BCUT2D eigenvalue weighted by atomic mass is 10.3. The summed E-state index contributed by atoms with van der Waals surface area (Å²) in [6.45, 7) is 2.38. The van der Waals surface area contributed by atoms with Crippen molar-refractivity contribution in [3.05, 3.63) is 47.8 Å². The number of rotatable bonds is 5. The van der Waals surface area contributed by atoms with Crippen LogP contribution in [0, 0.1) is 11.6 Å². The topological polar surface area (TPSA) is 84.4 Å². The smallest absolute Gasteiger partial charge is 0.241 e. The number of sulfonamides is 1. The Bertz CT molecular complexity index is 858. The quantitative estimate of drug-likeness (QED) is 0.848. The van der Waals surface area contributed by atoms with E-state index in [1.165, 1.54) is 0 Å². The first-order valence-corrected chi connectivity index (χ1v) is 9.03. The number of morpholine rings is 1. The number of halogens is 2. The molecule has 0 radical (unpaired) electrons. The van der Waals surface area contributed by atoms with Crippen molar-refractivity contribution in [2.75, 3.05) is 31.2 Å². The summed E-state index contributed by atoms with van der Waals surface area (Å²) in [6, 6.07) is 3.99. The minimum Gasteiger partial charge on any atom is -0.378 e. The molecule has 1 N–H and O–H groups in total. The SMILES string of the molecule is O=S(=O)(NCc1ccnc(N2CCOCC2)n1)c1ccc(F)c(F)c1. The number of nitrogens with one attached hydrogen (secondary N) is 1. The van der Waals surface area contributed by atoms with Gasteiger partial charge in [0.25, 0.3) is 0 Å². The number of anilines is 1. The molecule has 3 rings (SSSR count). The number of nitrogens with zero attached hydrogens (tertiary/aromatic N) is 3. The van der Waals surface area contributed by atoms with E-state index in [4.69, 9.17) is 4.74 Å². The van der Waals surface area contributed by atoms with Crippen LogP contribution in [-0.4, -0.2) is 44.7 Å². The summed E-state index contributed by atoms with van der Waals surface area (Å²) >= 11 is 0. The fraction of sp³-hybridized carbons (Fsp3) is 0.333. The van der Waals surface area contributed by atoms with Crippen LogP contribution in [0.2, 0.25) is 0 Å². The van der Waals surface area contributed by atoms with Crippen LogP contribution < -0.4 is 9.62 Å². The normalized spacial score (nSPS) is 15.4. The van der Waals surface area contributed by atoms with Crippen LogP contribution in [0.3, 0.4) is 0 Å². The molecule has 0 bridgehead atoms. The molecule has 1 aromatic carbocycles. The first kappa shape index (κ1) is 17.6. The molecule has 1 aromatic heterocycles. The highest BCUT2D eigenvalue weighted by Crippen LogP contribution is 2.14. The Kier molecular flexibility index (Phi) is 5.21. The molecular formula is C15H16F2N4O3S. The lowest BCUT2D eigenvalue weighted by molar-refractivity contribution is 0.122. The fourth-order valence-corrected chi connectivity index (χ4v) is 3.31. The monoisotopic (exact) mass is 370 g/mol. The van der Waals surface area contributed by atoms with E-state index in [1.807, 2.05) is 4.90 Å². The van der Waals surface area contributed by atoms with Gasteiger partial charge in [-0.1, -0.05) is 0 Å². The van der Waals surface area contributed by atoms with E-state index in [0.29, 0.717) is 44.0 Å². The molecule has 1 saturated heterocycles. The fourth-order valence-electron chi connectivity index (χ4n) is 2.30. The molecule has 1 fully saturated rings. The van der Waals surface area contributed by atoms with Crippen molar-refractivity contribution in [3.8, 4) is 0 Å². The summed E-state index contributed by atoms with van der Waals surface area (Å²) < 4.78 is 58.1.